The van der Waals surface area contributed by atoms with Gasteiger partial charge in [-0.3, -0.25) is 9.53 Å². The minimum absolute atomic E-state index is 0.0364. The first-order chi connectivity index (χ1) is 15.2. The lowest BCUT2D eigenvalue weighted by molar-refractivity contribution is -0.325. The molecule has 1 aliphatic heterocycles. The van der Waals surface area contributed by atoms with Crippen LogP contribution in [0.15, 0.2) is 35.3 Å². The smallest absolute Gasteiger partial charge is 0.381 e. The Hall–Kier alpha value is -2.65. The van der Waals surface area contributed by atoms with Gasteiger partial charge in [-0.25, -0.2) is 4.98 Å². The van der Waals surface area contributed by atoms with Gasteiger partial charge in [-0.1, -0.05) is 6.07 Å². The molecule has 6 nitrogen and oxygen atoms in total. The Morgan fingerprint density at radius 1 is 1.25 bits per heavy atom. The second-order valence-corrected chi connectivity index (χ2v) is 8.29. The average Bonchev–Trinajstić information content (AvgIpc) is 3.08. The fourth-order valence-corrected chi connectivity index (χ4v) is 4.27. The fourth-order valence-electron chi connectivity index (χ4n) is 4.27. The van der Waals surface area contributed by atoms with Crippen molar-refractivity contribution < 1.29 is 22.6 Å². The van der Waals surface area contributed by atoms with Crippen LogP contribution in [-0.2, 0) is 29.5 Å². The number of nitrogens with zero attached hydrogens (tertiary/aromatic N) is 3. The number of hydrogen-bond donors (Lipinski definition) is 0. The molecule has 1 fully saturated rings. The highest BCUT2D eigenvalue weighted by Gasteiger charge is 2.29. The monoisotopic (exact) mass is 449 g/mol. The van der Waals surface area contributed by atoms with Crippen molar-refractivity contribution in [3.63, 3.8) is 0 Å². The molecule has 0 amide bonds. The third kappa shape index (κ3) is 5.05. The van der Waals surface area contributed by atoms with E-state index in [0.717, 1.165) is 41.9 Å². The summed E-state index contributed by atoms with van der Waals surface area (Å²) in [6.07, 6.45) is -0.312. The molecule has 3 heterocycles. The van der Waals surface area contributed by atoms with Crippen LogP contribution in [-0.4, -0.2) is 40.3 Å². The van der Waals surface area contributed by atoms with E-state index in [1.807, 2.05) is 28.8 Å². The number of alkyl halides is 3. The standard InChI is InChI=1S/C23H26F3N3O3/c1-15-10-18(13-28(2)22(15)30)17-5-6-19-20(12-17)29(7-9-32-23(24,25)26)21(27-19)11-16-4-3-8-31-14-16/h5-6,10,12-13,16H,3-4,7-9,11,14H2,1-2H3. The molecule has 2 aromatic heterocycles. The van der Waals surface area contributed by atoms with E-state index in [-0.39, 0.29) is 18.0 Å². The highest BCUT2D eigenvalue weighted by atomic mass is 19.4. The summed E-state index contributed by atoms with van der Waals surface area (Å²) >= 11 is 0. The van der Waals surface area contributed by atoms with E-state index < -0.39 is 13.0 Å². The van der Waals surface area contributed by atoms with Crippen molar-refractivity contribution in [2.45, 2.75) is 39.1 Å². The van der Waals surface area contributed by atoms with Gasteiger partial charge in [0.05, 0.1) is 17.6 Å². The Kier molecular flexibility index (Phi) is 6.39. The van der Waals surface area contributed by atoms with Gasteiger partial charge >= 0.3 is 6.36 Å². The maximum atomic E-state index is 12.6. The number of imidazole rings is 1. The van der Waals surface area contributed by atoms with Gasteiger partial charge in [0.2, 0.25) is 0 Å². The maximum Gasteiger partial charge on any atom is 0.522 e. The number of rotatable bonds is 6. The molecule has 1 atom stereocenters. The predicted molar refractivity (Wildman–Crippen MR) is 114 cm³/mol. The van der Waals surface area contributed by atoms with Crippen LogP contribution < -0.4 is 5.56 Å². The molecule has 1 aliphatic rings. The zero-order valence-electron chi connectivity index (χ0n) is 18.1. The van der Waals surface area contributed by atoms with Crippen molar-refractivity contribution in [3.8, 4) is 11.1 Å². The minimum Gasteiger partial charge on any atom is -0.381 e. The Morgan fingerprint density at radius 3 is 2.75 bits per heavy atom. The van der Waals surface area contributed by atoms with Crippen molar-refractivity contribution in [2.24, 2.45) is 13.0 Å². The topological polar surface area (TPSA) is 58.3 Å². The van der Waals surface area contributed by atoms with Gasteiger partial charge in [-0.2, -0.15) is 0 Å². The van der Waals surface area contributed by atoms with E-state index in [2.05, 4.69) is 4.74 Å². The fraction of sp³-hybridized carbons (Fsp3) is 0.478. The summed E-state index contributed by atoms with van der Waals surface area (Å²) in [5, 5.41) is 0. The van der Waals surface area contributed by atoms with Crippen molar-refractivity contribution in [2.75, 3.05) is 19.8 Å². The van der Waals surface area contributed by atoms with Crippen molar-refractivity contribution >= 4 is 11.0 Å². The molecular formula is C23H26F3N3O3. The number of hydrogen-bond acceptors (Lipinski definition) is 4. The molecule has 1 unspecified atom stereocenters. The van der Waals surface area contributed by atoms with Gasteiger partial charge in [0.25, 0.3) is 5.56 Å². The molecule has 0 spiro atoms. The molecule has 1 aromatic carbocycles. The Morgan fingerprint density at radius 2 is 2.06 bits per heavy atom. The lowest BCUT2D eigenvalue weighted by Gasteiger charge is -2.22. The predicted octanol–water partition coefficient (Wildman–Crippen LogP) is 4.22. The van der Waals surface area contributed by atoms with Crippen LogP contribution in [0.4, 0.5) is 13.2 Å². The van der Waals surface area contributed by atoms with E-state index >= 15 is 0 Å². The largest absolute Gasteiger partial charge is 0.522 e. The van der Waals surface area contributed by atoms with Gasteiger partial charge in [0.1, 0.15) is 5.82 Å². The highest BCUT2D eigenvalue weighted by molar-refractivity contribution is 5.82. The number of aryl methyl sites for hydroxylation is 2. The van der Waals surface area contributed by atoms with Crippen LogP contribution in [0.25, 0.3) is 22.2 Å². The van der Waals surface area contributed by atoms with E-state index in [1.54, 1.807) is 20.2 Å². The maximum absolute atomic E-state index is 12.6. The molecule has 4 rings (SSSR count). The number of aromatic nitrogens is 3. The summed E-state index contributed by atoms with van der Waals surface area (Å²) in [6.45, 7) is 2.67. The third-order valence-electron chi connectivity index (χ3n) is 5.83. The van der Waals surface area contributed by atoms with Gasteiger partial charge in [0, 0.05) is 45.0 Å². The van der Waals surface area contributed by atoms with Crippen LogP contribution in [0.5, 0.6) is 0 Å². The summed E-state index contributed by atoms with van der Waals surface area (Å²) in [4.78, 5) is 16.8. The summed E-state index contributed by atoms with van der Waals surface area (Å²) < 4.78 is 50.7. The molecule has 0 saturated carbocycles. The molecule has 172 valence electrons. The SMILES string of the molecule is Cc1cc(-c2ccc3nc(CC4CCCOC4)n(CCOC(F)(F)F)c3c2)cn(C)c1=O. The van der Waals surface area contributed by atoms with Gasteiger partial charge in [0.15, 0.2) is 0 Å². The first kappa shape index (κ1) is 22.5. The molecule has 3 aromatic rings. The second kappa shape index (κ2) is 9.07. The van der Waals surface area contributed by atoms with Gasteiger partial charge < -0.3 is 13.9 Å². The molecular weight excluding hydrogens is 423 g/mol. The molecule has 0 radical (unpaired) electrons. The highest BCUT2D eigenvalue weighted by Crippen LogP contribution is 2.28. The number of ether oxygens (including phenoxy) is 2. The van der Waals surface area contributed by atoms with Crippen LogP contribution in [0, 0.1) is 12.8 Å². The third-order valence-corrected chi connectivity index (χ3v) is 5.83. The molecule has 1 saturated heterocycles. The summed E-state index contributed by atoms with van der Waals surface area (Å²) in [7, 11) is 1.69. The van der Waals surface area contributed by atoms with E-state index in [4.69, 9.17) is 9.72 Å². The number of halogens is 3. The lowest BCUT2D eigenvalue weighted by atomic mass is 9.98. The van der Waals surface area contributed by atoms with Crippen molar-refractivity contribution in [1.29, 1.82) is 0 Å². The van der Waals surface area contributed by atoms with Crippen LogP contribution >= 0.6 is 0 Å². The Balaban J connectivity index is 1.72. The van der Waals surface area contributed by atoms with Gasteiger partial charge in [-0.05, 0) is 55.0 Å². The average molecular weight is 449 g/mol. The Labute approximate surface area is 183 Å². The molecule has 0 aliphatic carbocycles. The zero-order valence-corrected chi connectivity index (χ0v) is 18.1. The lowest BCUT2D eigenvalue weighted by Crippen LogP contribution is -2.22. The number of pyridine rings is 1. The van der Waals surface area contributed by atoms with E-state index in [0.29, 0.717) is 24.1 Å². The zero-order chi connectivity index (χ0) is 22.9. The first-order valence-corrected chi connectivity index (χ1v) is 10.7. The van der Waals surface area contributed by atoms with Crippen molar-refractivity contribution in [3.05, 3.63) is 52.2 Å². The van der Waals surface area contributed by atoms with Crippen LogP contribution in [0.1, 0.15) is 24.2 Å². The van der Waals surface area contributed by atoms with E-state index in [1.165, 1.54) is 4.57 Å². The molecule has 0 N–H and O–H groups in total. The summed E-state index contributed by atoms with van der Waals surface area (Å²) in [6, 6.07) is 7.51. The molecule has 0 bridgehead atoms. The number of benzene rings is 1. The first-order valence-electron chi connectivity index (χ1n) is 10.7. The Bertz CT molecular complexity index is 1130. The summed E-state index contributed by atoms with van der Waals surface area (Å²) in [5.41, 5.74) is 3.73. The van der Waals surface area contributed by atoms with Crippen molar-refractivity contribution in [1.82, 2.24) is 14.1 Å². The van der Waals surface area contributed by atoms with Crippen LogP contribution in [0.2, 0.25) is 0 Å². The number of fused-ring (bicyclic) bond motifs is 1. The summed E-state index contributed by atoms with van der Waals surface area (Å²) in [5.74, 6) is 1.02. The van der Waals surface area contributed by atoms with E-state index in [9.17, 15) is 18.0 Å². The van der Waals surface area contributed by atoms with Gasteiger partial charge in [-0.15, -0.1) is 13.2 Å². The minimum atomic E-state index is -4.68. The normalized spacial score (nSPS) is 17.2. The van der Waals surface area contributed by atoms with Crippen LogP contribution in [0.3, 0.4) is 0 Å². The molecule has 9 heteroatoms. The molecule has 32 heavy (non-hydrogen) atoms. The quantitative estimate of drug-likeness (QED) is 0.566. The second-order valence-electron chi connectivity index (χ2n) is 8.29.